The fourth-order valence-corrected chi connectivity index (χ4v) is 2.77. The van der Waals surface area contributed by atoms with Gasteiger partial charge in [0.15, 0.2) is 0 Å². The van der Waals surface area contributed by atoms with Gasteiger partial charge in [-0.1, -0.05) is 19.9 Å². The molecule has 1 aromatic carbocycles. The summed E-state index contributed by atoms with van der Waals surface area (Å²) in [5.74, 6) is 0.298. The lowest BCUT2D eigenvalue weighted by atomic mass is 9.96. The van der Waals surface area contributed by atoms with E-state index in [9.17, 15) is 4.79 Å². The Balaban J connectivity index is 2.01. The smallest absolute Gasteiger partial charge is 0.338 e. The molecule has 20 heavy (non-hydrogen) atoms. The Morgan fingerprint density at radius 3 is 2.50 bits per heavy atom. The molecule has 3 nitrogen and oxygen atoms in total. The molecular weight excluding hydrogens is 250 g/mol. The van der Waals surface area contributed by atoms with Crippen molar-refractivity contribution in [1.82, 2.24) is 4.90 Å². The highest BCUT2D eigenvalue weighted by atomic mass is 16.5. The lowest BCUT2D eigenvalue weighted by Gasteiger charge is -2.28. The van der Waals surface area contributed by atoms with E-state index in [4.69, 9.17) is 4.74 Å². The number of benzene rings is 1. The number of rotatable bonds is 3. The number of likely N-dealkylation sites (tertiary alicyclic amines) is 1. The molecule has 0 bridgehead atoms. The number of carbonyl (C=O) groups is 1. The predicted molar refractivity (Wildman–Crippen MR) is 81.2 cm³/mol. The van der Waals surface area contributed by atoms with Crippen molar-refractivity contribution in [2.75, 3.05) is 20.1 Å². The van der Waals surface area contributed by atoms with Gasteiger partial charge in [-0.2, -0.15) is 0 Å². The summed E-state index contributed by atoms with van der Waals surface area (Å²) in [6.45, 7) is 8.39. The summed E-state index contributed by atoms with van der Waals surface area (Å²) >= 11 is 0. The van der Waals surface area contributed by atoms with Crippen LogP contribution in [0.4, 0.5) is 0 Å². The molecule has 0 atom stereocenters. The minimum absolute atomic E-state index is 0.0729. The quantitative estimate of drug-likeness (QED) is 0.792. The van der Waals surface area contributed by atoms with Crippen LogP contribution in [-0.2, 0) is 4.74 Å². The predicted octanol–water partition coefficient (Wildman–Crippen LogP) is 3.37. The number of hydrogen-bond acceptors (Lipinski definition) is 3. The maximum atomic E-state index is 12.2. The van der Waals surface area contributed by atoms with Crippen molar-refractivity contribution >= 4 is 5.97 Å². The Labute approximate surface area is 121 Å². The molecule has 2 rings (SSSR count). The van der Waals surface area contributed by atoms with Gasteiger partial charge >= 0.3 is 5.97 Å². The van der Waals surface area contributed by atoms with Crippen LogP contribution in [0.15, 0.2) is 18.2 Å². The first-order valence-corrected chi connectivity index (χ1v) is 7.47. The lowest BCUT2D eigenvalue weighted by molar-refractivity contribution is 0.0139. The summed E-state index contributed by atoms with van der Waals surface area (Å²) in [6, 6.07) is 5.89. The molecule has 0 spiro atoms. The zero-order chi connectivity index (χ0) is 14.7. The van der Waals surface area contributed by atoms with E-state index >= 15 is 0 Å². The lowest BCUT2D eigenvalue weighted by Crippen LogP contribution is -2.35. The Hall–Kier alpha value is -1.35. The molecule has 0 unspecified atom stereocenters. The van der Waals surface area contributed by atoms with Gasteiger partial charge in [-0.25, -0.2) is 4.79 Å². The summed E-state index contributed by atoms with van der Waals surface area (Å²) in [5, 5.41) is 0. The second kappa shape index (κ2) is 6.40. The summed E-state index contributed by atoms with van der Waals surface area (Å²) in [6.07, 6.45) is 1.94. The van der Waals surface area contributed by atoms with E-state index in [0.29, 0.717) is 11.5 Å². The number of nitrogens with zero attached hydrogens (tertiary/aromatic N) is 1. The van der Waals surface area contributed by atoms with E-state index in [0.717, 1.165) is 31.5 Å². The van der Waals surface area contributed by atoms with E-state index in [1.54, 1.807) is 0 Å². The third-order valence-corrected chi connectivity index (χ3v) is 4.07. The average Bonchev–Trinajstić information content (AvgIpc) is 2.40. The van der Waals surface area contributed by atoms with Crippen LogP contribution in [0.1, 0.15) is 54.1 Å². The van der Waals surface area contributed by atoms with Crippen LogP contribution >= 0.6 is 0 Å². The molecular formula is C17H25NO2. The van der Waals surface area contributed by atoms with Gasteiger partial charge in [0.1, 0.15) is 6.10 Å². The molecule has 1 aromatic rings. The minimum Gasteiger partial charge on any atom is -0.459 e. The van der Waals surface area contributed by atoms with Crippen LogP contribution < -0.4 is 0 Å². The number of hydrogen-bond donors (Lipinski definition) is 0. The van der Waals surface area contributed by atoms with Crippen molar-refractivity contribution in [3.05, 3.63) is 34.9 Å². The first kappa shape index (κ1) is 15.0. The second-order valence-corrected chi connectivity index (χ2v) is 6.13. The van der Waals surface area contributed by atoms with E-state index in [1.165, 1.54) is 5.56 Å². The molecule has 1 saturated heterocycles. The zero-order valence-electron chi connectivity index (χ0n) is 13.0. The number of aryl methyl sites for hydroxylation is 1. The number of ether oxygens (including phenoxy) is 1. The molecule has 1 aliphatic heterocycles. The highest BCUT2D eigenvalue weighted by Gasteiger charge is 2.21. The molecule has 0 saturated carbocycles. The summed E-state index contributed by atoms with van der Waals surface area (Å²) in [4.78, 5) is 14.5. The molecule has 0 aliphatic carbocycles. The van der Waals surface area contributed by atoms with Crippen LogP contribution in [0.25, 0.3) is 0 Å². The molecule has 0 aromatic heterocycles. The third kappa shape index (κ3) is 3.60. The Morgan fingerprint density at radius 1 is 1.30 bits per heavy atom. The molecule has 1 heterocycles. The van der Waals surface area contributed by atoms with Gasteiger partial charge in [-0.3, -0.25) is 0 Å². The molecule has 0 radical (unpaired) electrons. The third-order valence-electron chi connectivity index (χ3n) is 4.07. The van der Waals surface area contributed by atoms with Gasteiger partial charge in [-0.05, 0) is 56.0 Å². The average molecular weight is 275 g/mol. The van der Waals surface area contributed by atoms with Gasteiger partial charge in [0.2, 0.25) is 0 Å². The van der Waals surface area contributed by atoms with Gasteiger partial charge < -0.3 is 9.64 Å². The zero-order valence-corrected chi connectivity index (χ0v) is 13.0. The van der Waals surface area contributed by atoms with Gasteiger partial charge in [0.25, 0.3) is 0 Å². The SMILES string of the molecule is Cc1cc(C(=O)OC2CCN(C)CC2)ccc1C(C)C. The molecule has 3 heteroatoms. The maximum absolute atomic E-state index is 12.2. The highest BCUT2D eigenvalue weighted by Crippen LogP contribution is 2.21. The van der Waals surface area contributed by atoms with Gasteiger partial charge in [0.05, 0.1) is 5.56 Å². The van der Waals surface area contributed by atoms with E-state index in [1.807, 2.05) is 18.2 Å². The highest BCUT2D eigenvalue weighted by molar-refractivity contribution is 5.89. The van der Waals surface area contributed by atoms with Crippen molar-refractivity contribution in [2.45, 2.75) is 45.6 Å². The van der Waals surface area contributed by atoms with Crippen molar-refractivity contribution in [1.29, 1.82) is 0 Å². The van der Waals surface area contributed by atoms with Crippen LogP contribution in [0.2, 0.25) is 0 Å². The standard InChI is InChI=1S/C17H25NO2/c1-12(2)16-6-5-14(11-13(16)3)17(19)20-15-7-9-18(4)10-8-15/h5-6,11-12,15H,7-10H2,1-4H3. The summed E-state index contributed by atoms with van der Waals surface area (Å²) in [7, 11) is 2.10. The van der Waals surface area contributed by atoms with Crippen molar-refractivity contribution in [2.24, 2.45) is 0 Å². The van der Waals surface area contributed by atoms with E-state index in [2.05, 4.69) is 32.7 Å². The monoisotopic (exact) mass is 275 g/mol. The maximum Gasteiger partial charge on any atom is 0.338 e. The van der Waals surface area contributed by atoms with Gasteiger partial charge in [0, 0.05) is 13.1 Å². The Morgan fingerprint density at radius 2 is 1.95 bits per heavy atom. The van der Waals surface area contributed by atoms with Crippen LogP contribution in [0.5, 0.6) is 0 Å². The Kier molecular flexibility index (Phi) is 4.81. The fourth-order valence-electron chi connectivity index (χ4n) is 2.77. The molecule has 1 aliphatic rings. The molecule has 0 amide bonds. The van der Waals surface area contributed by atoms with Crippen LogP contribution in [0.3, 0.4) is 0 Å². The summed E-state index contributed by atoms with van der Waals surface area (Å²) < 4.78 is 5.62. The van der Waals surface area contributed by atoms with E-state index in [-0.39, 0.29) is 12.1 Å². The normalized spacial score (nSPS) is 17.4. The first-order chi connectivity index (χ1) is 9.47. The van der Waals surface area contributed by atoms with Crippen molar-refractivity contribution in [3.63, 3.8) is 0 Å². The Bertz CT molecular complexity index is 474. The number of carbonyl (C=O) groups excluding carboxylic acids is 1. The molecule has 1 fully saturated rings. The van der Waals surface area contributed by atoms with E-state index < -0.39 is 0 Å². The van der Waals surface area contributed by atoms with Crippen molar-refractivity contribution in [3.8, 4) is 0 Å². The van der Waals surface area contributed by atoms with Gasteiger partial charge in [-0.15, -0.1) is 0 Å². The topological polar surface area (TPSA) is 29.5 Å². The second-order valence-electron chi connectivity index (χ2n) is 6.13. The van der Waals surface area contributed by atoms with Crippen LogP contribution in [-0.4, -0.2) is 37.1 Å². The first-order valence-electron chi connectivity index (χ1n) is 7.47. The van der Waals surface area contributed by atoms with Crippen LogP contribution in [0, 0.1) is 6.92 Å². The molecule has 110 valence electrons. The summed E-state index contributed by atoms with van der Waals surface area (Å²) in [5.41, 5.74) is 3.13. The fraction of sp³-hybridized carbons (Fsp3) is 0.588. The largest absolute Gasteiger partial charge is 0.459 e. The molecule has 0 N–H and O–H groups in total. The van der Waals surface area contributed by atoms with Crippen molar-refractivity contribution < 1.29 is 9.53 Å². The number of esters is 1. The minimum atomic E-state index is -0.182. The number of piperidine rings is 1.